The fourth-order valence-electron chi connectivity index (χ4n) is 2.09. The lowest BCUT2D eigenvalue weighted by Crippen LogP contribution is -1.98. The van der Waals surface area contributed by atoms with Crippen LogP contribution in [0.4, 0.5) is 35.1 Å². The summed E-state index contributed by atoms with van der Waals surface area (Å²) < 4.78 is 107. The molecule has 0 nitrogen and oxygen atoms in total. The van der Waals surface area contributed by atoms with Crippen LogP contribution in [0.2, 0.25) is 0 Å². The Morgan fingerprint density at radius 3 is 1.00 bits per heavy atom. The lowest BCUT2D eigenvalue weighted by atomic mass is 10.1. The minimum Gasteiger partial charge on any atom is -0.203 e. The summed E-state index contributed by atoms with van der Waals surface area (Å²) in [6, 6.07) is 0. The largest absolute Gasteiger partial charge is 0.203 e. The van der Waals surface area contributed by atoms with Gasteiger partial charge in [-0.1, -0.05) is 0 Å². The van der Waals surface area contributed by atoms with Gasteiger partial charge in [-0.2, -0.15) is 0 Å². The van der Waals surface area contributed by atoms with Crippen molar-refractivity contribution in [3.05, 3.63) is 46.5 Å². The predicted octanol–water partition coefficient (Wildman–Crippen LogP) is 5.14. The van der Waals surface area contributed by atoms with Crippen molar-refractivity contribution in [2.75, 3.05) is 0 Å². The molecule has 3 aromatic rings. The Kier molecular flexibility index (Phi) is 2.92. The molecule has 3 rings (SSSR count). The molecule has 0 spiro atoms. The number of benzene rings is 2. The van der Waals surface area contributed by atoms with E-state index in [0.717, 1.165) is 0 Å². The SMILES string of the molecule is Fc1c(F)c(F)c2c([pH]c3c(F)c(F)c(F)c(F)c32)c1F. The van der Waals surface area contributed by atoms with E-state index in [1.165, 1.54) is 0 Å². The molecular formula is C12HF8P. The first-order valence-electron chi connectivity index (χ1n) is 5.26. The minimum absolute atomic E-state index is 0.871. The number of fused-ring (bicyclic) bond motifs is 3. The number of halogens is 8. The summed E-state index contributed by atoms with van der Waals surface area (Å²) in [6.45, 7) is 0. The number of rotatable bonds is 0. The molecule has 1 heterocycles. The smallest absolute Gasteiger partial charge is 0.198 e. The summed E-state index contributed by atoms with van der Waals surface area (Å²) >= 11 is 0. The van der Waals surface area contributed by atoms with Crippen LogP contribution in [-0.2, 0) is 0 Å². The van der Waals surface area contributed by atoms with Crippen LogP contribution in [0.25, 0.3) is 21.0 Å². The summed E-state index contributed by atoms with van der Waals surface area (Å²) in [5, 5.41) is -4.00. The Morgan fingerprint density at radius 2 is 0.667 bits per heavy atom. The van der Waals surface area contributed by atoms with E-state index in [-0.39, 0.29) is 0 Å². The van der Waals surface area contributed by atoms with E-state index in [0.29, 0.717) is 0 Å². The second-order valence-electron chi connectivity index (χ2n) is 4.14. The fraction of sp³-hybridized carbons (Fsp3) is 0. The van der Waals surface area contributed by atoms with Crippen LogP contribution in [0, 0.1) is 46.5 Å². The number of hydrogen-bond acceptors (Lipinski definition) is 0. The molecule has 2 aromatic carbocycles. The van der Waals surface area contributed by atoms with Crippen molar-refractivity contribution < 1.29 is 35.1 Å². The van der Waals surface area contributed by atoms with Crippen molar-refractivity contribution in [3.63, 3.8) is 0 Å². The molecule has 0 saturated heterocycles. The van der Waals surface area contributed by atoms with Crippen LogP contribution in [-0.4, -0.2) is 0 Å². The third-order valence-corrected chi connectivity index (χ3v) is 4.47. The highest BCUT2D eigenvalue weighted by atomic mass is 31.0. The lowest BCUT2D eigenvalue weighted by molar-refractivity contribution is 0.416. The highest BCUT2D eigenvalue weighted by Crippen LogP contribution is 2.45. The Hall–Kier alpha value is -1.82. The molecule has 0 aliphatic rings. The van der Waals surface area contributed by atoms with Gasteiger partial charge >= 0.3 is 0 Å². The Morgan fingerprint density at radius 1 is 0.381 bits per heavy atom. The molecule has 0 saturated carbocycles. The average molecular weight is 328 g/mol. The lowest BCUT2D eigenvalue weighted by Gasteiger charge is -2.03. The molecule has 0 bridgehead atoms. The molecule has 1 aromatic heterocycles. The van der Waals surface area contributed by atoms with Crippen molar-refractivity contribution in [3.8, 4) is 0 Å². The maximum atomic E-state index is 13.7. The highest BCUT2D eigenvalue weighted by Gasteiger charge is 2.29. The predicted molar refractivity (Wildman–Crippen MR) is 60.6 cm³/mol. The molecule has 0 amide bonds. The van der Waals surface area contributed by atoms with Gasteiger partial charge < -0.3 is 0 Å². The molecule has 0 radical (unpaired) electrons. The van der Waals surface area contributed by atoms with Crippen molar-refractivity contribution >= 4 is 29.2 Å². The van der Waals surface area contributed by atoms with E-state index in [9.17, 15) is 35.1 Å². The molecule has 21 heavy (non-hydrogen) atoms. The fourth-order valence-corrected chi connectivity index (χ4v) is 3.50. The molecule has 0 unspecified atom stereocenters. The van der Waals surface area contributed by atoms with Gasteiger partial charge in [0.05, 0.1) is 0 Å². The Labute approximate surface area is 112 Å². The third-order valence-electron chi connectivity index (χ3n) is 3.03. The summed E-state index contributed by atoms with van der Waals surface area (Å²) in [4.78, 5) is 0. The van der Waals surface area contributed by atoms with E-state index in [1.54, 1.807) is 0 Å². The first-order valence-corrected chi connectivity index (χ1v) is 6.26. The van der Waals surface area contributed by atoms with Crippen molar-refractivity contribution in [1.29, 1.82) is 0 Å². The molecule has 0 atom stereocenters. The molecule has 110 valence electrons. The van der Waals surface area contributed by atoms with Crippen LogP contribution < -0.4 is 0 Å². The highest BCUT2D eigenvalue weighted by molar-refractivity contribution is 7.44. The topological polar surface area (TPSA) is 0 Å². The maximum absolute atomic E-state index is 13.7. The van der Waals surface area contributed by atoms with E-state index in [4.69, 9.17) is 0 Å². The molecule has 0 aliphatic carbocycles. The van der Waals surface area contributed by atoms with E-state index < -0.39 is 75.7 Å². The second kappa shape index (κ2) is 4.34. The Bertz CT molecular complexity index is 853. The van der Waals surface area contributed by atoms with Crippen molar-refractivity contribution in [2.24, 2.45) is 0 Å². The summed E-state index contributed by atoms with van der Waals surface area (Å²) in [5.41, 5.74) is 0. The third kappa shape index (κ3) is 1.62. The quantitative estimate of drug-likeness (QED) is 0.305. The molecule has 0 fully saturated rings. The van der Waals surface area contributed by atoms with Gasteiger partial charge in [-0.25, -0.2) is 35.1 Å². The van der Waals surface area contributed by atoms with Crippen molar-refractivity contribution in [2.45, 2.75) is 0 Å². The van der Waals surface area contributed by atoms with Gasteiger partial charge in [-0.15, -0.1) is 8.19 Å². The maximum Gasteiger partial charge on any atom is 0.198 e. The zero-order valence-corrected chi connectivity index (χ0v) is 10.5. The molecule has 0 N–H and O–H groups in total. The zero-order valence-electron chi connectivity index (χ0n) is 9.52. The summed E-state index contributed by atoms with van der Waals surface area (Å²) in [7, 11) is -1.22. The monoisotopic (exact) mass is 328 g/mol. The Balaban J connectivity index is 2.73. The van der Waals surface area contributed by atoms with Gasteiger partial charge in [-0.05, 0) is 0 Å². The number of hydrogen-bond donors (Lipinski definition) is 0. The first-order chi connectivity index (χ1) is 9.77. The van der Waals surface area contributed by atoms with Gasteiger partial charge in [0.1, 0.15) is 0 Å². The second-order valence-corrected chi connectivity index (χ2v) is 5.39. The van der Waals surface area contributed by atoms with Crippen molar-refractivity contribution in [1.82, 2.24) is 0 Å². The van der Waals surface area contributed by atoms with Crippen LogP contribution in [0.15, 0.2) is 0 Å². The first kappa shape index (κ1) is 14.1. The van der Waals surface area contributed by atoms with Crippen LogP contribution in [0.3, 0.4) is 0 Å². The van der Waals surface area contributed by atoms with Gasteiger partial charge in [-0.3, -0.25) is 0 Å². The van der Waals surface area contributed by atoms with E-state index >= 15 is 0 Å². The van der Waals surface area contributed by atoms with Gasteiger partial charge in [0.2, 0.25) is 0 Å². The zero-order chi connectivity index (χ0) is 15.6. The molecule has 0 aliphatic heterocycles. The van der Waals surface area contributed by atoms with Crippen LogP contribution in [0.1, 0.15) is 0 Å². The van der Waals surface area contributed by atoms with Gasteiger partial charge in [0, 0.05) is 21.0 Å². The normalized spacial score (nSPS) is 11.8. The summed E-state index contributed by atoms with van der Waals surface area (Å²) in [5.74, 6) is -16.5. The molecule has 9 heteroatoms. The minimum atomic E-state index is -2.24. The van der Waals surface area contributed by atoms with E-state index in [2.05, 4.69) is 0 Å². The standard InChI is InChI=1S/C12HF8P/c13-3-1-2-4(14)6(16)8(18)10(20)12(2)21-11(1)9(19)7(17)5(3)15/h21H. The van der Waals surface area contributed by atoms with Gasteiger partial charge in [0.15, 0.2) is 46.5 Å². The molecular weight excluding hydrogens is 327 g/mol. The van der Waals surface area contributed by atoms with Gasteiger partial charge in [0.25, 0.3) is 0 Å². The van der Waals surface area contributed by atoms with Crippen LogP contribution in [0.5, 0.6) is 0 Å². The average Bonchev–Trinajstić information content (AvgIpc) is 2.87. The van der Waals surface area contributed by atoms with Crippen LogP contribution >= 0.6 is 8.19 Å². The van der Waals surface area contributed by atoms with E-state index in [1.807, 2.05) is 0 Å². The summed E-state index contributed by atoms with van der Waals surface area (Å²) in [6.07, 6.45) is 0.